The first kappa shape index (κ1) is 17.8. The minimum atomic E-state index is 0.377. The number of morpholine rings is 1. The van der Waals surface area contributed by atoms with Gasteiger partial charge in [-0.2, -0.15) is 0 Å². The third kappa shape index (κ3) is 8.86. The molecule has 18 heavy (non-hydrogen) atoms. The van der Waals surface area contributed by atoms with Crippen molar-refractivity contribution in [2.75, 3.05) is 52.4 Å². The second-order valence-corrected chi connectivity index (χ2v) is 4.35. The van der Waals surface area contributed by atoms with Crippen LogP contribution in [0.3, 0.4) is 0 Å². The maximum atomic E-state index is 5.74. The van der Waals surface area contributed by atoms with Gasteiger partial charge in [-0.25, -0.2) is 0 Å². The van der Waals surface area contributed by atoms with Gasteiger partial charge in [0.15, 0.2) is 0 Å². The molecule has 1 heterocycles. The first-order valence-electron chi connectivity index (χ1n) is 7.62. The zero-order valence-electron chi connectivity index (χ0n) is 12.8. The highest BCUT2D eigenvalue weighted by molar-refractivity contribution is 4.73. The van der Waals surface area contributed by atoms with Crippen LogP contribution in [-0.4, -0.2) is 63.4 Å². The van der Waals surface area contributed by atoms with Crippen molar-refractivity contribution in [3.8, 4) is 0 Å². The lowest BCUT2D eigenvalue weighted by Crippen LogP contribution is -2.48. The number of hydrogen-bond donors (Lipinski definition) is 2. The summed E-state index contributed by atoms with van der Waals surface area (Å²) in [7, 11) is 0. The Balaban J connectivity index is 0.00000137. The van der Waals surface area contributed by atoms with Crippen LogP contribution in [0.15, 0.2) is 0 Å². The number of nitrogens with zero attached hydrogens (tertiary/aromatic N) is 1. The zero-order valence-corrected chi connectivity index (χ0v) is 12.8. The van der Waals surface area contributed by atoms with Gasteiger partial charge in [-0.3, -0.25) is 4.90 Å². The first-order valence-corrected chi connectivity index (χ1v) is 7.62. The minimum Gasteiger partial charge on any atom is -0.374 e. The van der Waals surface area contributed by atoms with E-state index in [2.05, 4.69) is 29.4 Å². The van der Waals surface area contributed by atoms with Gasteiger partial charge < -0.3 is 15.4 Å². The highest BCUT2D eigenvalue weighted by atomic mass is 16.5. The van der Waals surface area contributed by atoms with Crippen molar-refractivity contribution in [2.24, 2.45) is 0 Å². The average Bonchev–Trinajstić information content (AvgIpc) is 2.42. The van der Waals surface area contributed by atoms with Gasteiger partial charge in [0.2, 0.25) is 0 Å². The van der Waals surface area contributed by atoms with Crippen molar-refractivity contribution in [2.45, 2.75) is 40.2 Å². The lowest BCUT2D eigenvalue weighted by Gasteiger charge is -2.33. The van der Waals surface area contributed by atoms with Crippen LogP contribution in [0.1, 0.15) is 34.1 Å². The Bertz CT molecular complexity index is 151. The van der Waals surface area contributed by atoms with Crippen molar-refractivity contribution in [1.29, 1.82) is 0 Å². The monoisotopic (exact) mass is 259 g/mol. The fraction of sp³-hybridized carbons (Fsp3) is 1.00. The van der Waals surface area contributed by atoms with E-state index in [4.69, 9.17) is 4.74 Å². The molecule has 1 atom stereocenters. The summed E-state index contributed by atoms with van der Waals surface area (Å²) in [5, 5.41) is 6.79. The molecule has 1 aliphatic rings. The molecule has 0 aliphatic carbocycles. The maximum absolute atomic E-state index is 5.74. The highest BCUT2D eigenvalue weighted by Crippen LogP contribution is 2.03. The van der Waals surface area contributed by atoms with Crippen LogP contribution < -0.4 is 10.6 Å². The topological polar surface area (TPSA) is 36.5 Å². The smallest absolute Gasteiger partial charge is 0.0826 e. The van der Waals surface area contributed by atoms with Gasteiger partial charge in [0.1, 0.15) is 0 Å². The molecule has 4 nitrogen and oxygen atoms in total. The number of nitrogens with one attached hydrogen (secondary N) is 2. The number of ether oxygens (including phenoxy) is 1. The molecule has 0 bridgehead atoms. The molecule has 1 unspecified atom stereocenters. The summed E-state index contributed by atoms with van der Waals surface area (Å²) in [6.45, 7) is 16.7. The highest BCUT2D eigenvalue weighted by Gasteiger charge is 2.19. The van der Waals surface area contributed by atoms with Crippen molar-refractivity contribution in [3.05, 3.63) is 0 Å². The van der Waals surface area contributed by atoms with Crippen LogP contribution >= 0.6 is 0 Å². The van der Waals surface area contributed by atoms with Gasteiger partial charge in [-0.05, 0) is 19.5 Å². The number of hydrogen-bond acceptors (Lipinski definition) is 4. The Morgan fingerprint density at radius 3 is 2.61 bits per heavy atom. The van der Waals surface area contributed by atoms with Gasteiger partial charge in [0, 0.05) is 32.7 Å². The Labute approximate surface area is 113 Å². The molecular formula is C14H33N3O. The summed E-state index contributed by atoms with van der Waals surface area (Å²) < 4.78 is 5.74. The summed E-state index contributed by atoms with van der Waals surface area (Å²) in [6, 6.07) is 0. The third-order valence-electron chi connectivity index (χ3n) is 2.88. The molecule has 1 saturated heterocycles. The molecule has 0 spiro atoms. The van der Waals surface area contributed by atoms with E-state index in [1.165, 1.54) is 6.42 Å². The fourth-order valence-electron chi connectivity index (χ4n) is 1.96. The first-order chi connectivity index (χ1) is 8.86. The second kappa shape index (κ2) is 13.3. The fourth-order valence-corrected chi connectivity index (χ4v) is 1.96. The van der Waals surface area contributed by atoms with Gasteiger partial charge in [-0.15, -0.1) is 0 Å². The van der Waals surface area contributed by atoms with Crippen LogP contribution in [0.2, 0.25) is 0 Å². The van der Waals surface area contributed by atoms with E-state index in [1.54, 1.807) is 0 Å². The standard InChI is InChI=1S/C12H27N3O.C2H6/c1-3-5-14-10-12-11-15(8-9-16-12)7-6-13-4-2;1-2/h12-14H,3-11H2,1-2H3;1-2H3. The van der Waals surface area contributed by atoms with E-state index in [-0.39, 0.29) is 0 Å². The Kier molecular flexibility index (Phi) is 13.2. The molecule has 0 aromatic carbocycles. The third-order valence-corrected chi connectivity index (χ3v) is 2.88. The predicted octanol–water partition coefficient (Wildman–Crippen LogP) is 1.32. The number of likely N-dealkylation sites (N-methyl/N-ethyl adjacent to an activating group) is 1. The molecule has 2 N–H and O–H groups in total. The largest absolute Gasteiger partial charge is 0.374 e. The summed E-state index contributed by atoms with van der Waals surface area (Å²) in [6.07, 6.45) is 1.57. The van der Waals surface area contributed by atoms with E-state index in [0.717, 1.165) is 52.4 Å². The van der Waals surface area contributed by atoms with Gasteiger partial charge >= 0.3 is 0 Å². The van der Waals surface area contributed by atoms with Gasteiger partial charge in [0.25, 0.3) is 0 Å². The SMILES string of the molecule is CC.CCCNCC1CN(CCNCC)CCO1. The summed E-state index contributed by atoms with van der Waals surface area (Å²) >= 11 is 0. The molecule has 1 fully saturated rings. The molecule has 0 aromatic heterocycles. The van der Waals surface area contributed by atoms with Crippen LogP contribution in [0.4, 0.5) is 0 Å². The molecule has 0 aromatic rings. The zero-order chi connectivity index (χ0) is 13.6. The van der Waals surface area contributed by atoms with Gasteiger partial charge in [-0.1, -0.05) is 27.7 Å². The van der Waals surface area contributed by atoms with Crippen molar-refractivity contribution >= 4 is 0 Å². The summed E-state index contributed by atoms with van der Waals surface area (Å²) in [4.78, 5) is 2.49. The minimum absolute atomic E-state index is 0.377. The van der Waals surface area contributed by atoms with Crippen molar-refractivity contribution in [1.82, 2.24) is 15.5 Å². The maximum Gasteiger partial charge on any atom is 0.0826 e. The molecule has 4 heteroatoms. The lowest BCUT2D eigenvalue weighted by molar-refractivity contribution is -0.0263. The van der Waals surface area contributed by atoms with Gasteiger partial charge in [0.05, 0.1) is 12.7 Å². The molecule has 110 valence electrons. The van der Waals surface area contributed by atoms with Crippen LogP contribution in [-0.2, 0) is 4.74 Å². The lowest BCUT2D eigenvalue weighted by atomic mass is 10.2. The van der Waals surface area contributed by atoms with E-state index >= 15 is 0 Å². The van der Waals surface area contributed by atoms with Crippen molar-refractivity contribution in [3.63, 3.8) is 0 Å². The van der Waals surface area contributed by atoms with E-state index < -0.39 is 0 Å². The van der Waals surface area contributed by atoms with Crippen LogP contribution in [0.5, 0.6) is 0 Å². The molecule has 0 amide bonds. The average molecular weight is 259 g/mol. The molecule has 0 saturated carbocycles. The second-order valence-electron chi connectivity index (χ2n) is 4.35. The number of rotatable bonds is 8. The molecular weight excluding hydrogens is 226 g/mol. The van der Waals surface area contributed by atoms with E-state index in [9.17, 15) is 0 Å². The molecule has 1 rings (SSSR count). The van der Waals surface area contributed by atoms with Crippen LogP contribution in [0, 0.1) is 0 Å². The van der Waals surface area contributed by atoms with E-state index in [1.807, 2.05) is 13.8 Å². The van der Waals surface area contributed by atoms with Crippen molar-refractivity contribution < 1.29 is 4.74 Å². The Morgan fingerprint density at radius 2 is 1.94 bits per heavy atom. The molecule has 0 radical (unpaired) electrons. The quantitative estimate of drug-likeness (QED) is 0.645. The van der Waals surface area contributed by atoms with E-state index in [0.29, 0.717) is 6.10 Å². The Hall–Kier alpha value is -0.160. The normalized spacial score (nSPS) is 20.3. The summed E-state index contributed by atoms with van der Waals surface area (Å²) in [5.41, 5.74) is 0. The molecule has 1 aliphatic heterocycles. The Morgan fingerprint density at radius 1 is 1.17 bits per heavy atom. The van der Waals surface area contributed by atoms with Crippen LogP contribution in [0.25, 0.3) is 0 Å². The summed E-state index contributed by atoms with van der Waals surface area (Å²) in [5.74, 6) is 0. The predicted molar refractivity (Wildman–Crippen MR) is 79.2 cm³/mol.